The van der Waals surface area contributed by atoms with Crippen molar-refractivity contribution in [3.63, 3.8) is 0 Å². The van der Waals surface area contributed by atoms with Crippen LogP contribution in [0.4, 0.5) is 0 Å². The first-order valence-corrected chi connectivity index (χ1v) is 16.8. The summed E-state index contributed by atoms with van der Waals surface area (Å²) in [6.07, 6.45) is 9.66. The average Bonchev–Trinajstić information content (AvgIpc) is 2.54. The van der Waals surface area contributed by atoms with Crippen molar-refractivity contribution >= 4 is 22.0 Å². The average molecular weight is 395 g/mol. The number of hydrogen-bond acceptors (Lipinski definition) is 0. The van der Waals surface area contributed by atoms with E-state index in [1.165, 1.54) is 44.9 Å². The van der Waals surface area contributed by atoms with Crippen LogP contribution in [-0.2, 0) is 6.42 Å². The monoisotopic (exact) mass is 396 g/mol. The molecule has 1 aromatic carbocycles. The van der Waals surface area contributed by atoms with Gasteiger partial charge < -0.3 is 0 Å². The quantitative estimate of drug-likeness (QED) is 0.386. The molecule has 0 aliphatic heterocycles. The predicted molar refractivity (Wildman–Crippen MR) is 100 cm³/mol. The number of unbranched alkanes of at least 4 members (excludes halogenated alkanes) is 3. The minimum absolute atomic E-state index is 1.19. The fraction of sp³-hybridized carbons (Fsp3) is 0.700. The van der Waals surface area contributed by atoms with Crippen LogP contribution in [0.25, 0.3) is 0 Å². The van der Waals surface area contributed by atoms with Gasteiger partial charge in [-0.3, -0.25) is 0 Å². The Labute approximate surface area is 137 Å². The van der Waals surface area contributed by atoms with Crippen LogP contribution in [0.1, 0.15) is 71.8 Å². The summed E-state index contributed by atoms with van der Waals surface area (Å²) in [5.41, 5.74) is 1.55. The van der Waals surface area contributed by atoms with Crippen LogP contribution in [0.3, 0.4) is 0 Å². The van der Waals surface area contributed by atoms with Crippen LogP contribution in [0.2, 0.25) is 13.3 Å². The summed E-state index contributed by atoms with van der Waals surface area (Å²) in [7, 11) is 0. The van der Waals surface area contributed by atoms with Gasteiger partial charge in [0, 0.05) is 0 Å². The number of rotatable bonds is 11. The van der Waals surface area contributed by atoms with Gasteiger partial charge in [0.2, 0.25) is 0 Å². The summed E-state index contributed by atoms with van der Waals surface area (Å²) in [4.78, 5) is 0. The third kappa shape index (κ3) is 5.96. The van der Waals surface area contributed by atoms with E-state index in [1.807, 2.05) is 3.58 Å². The Morgan fingerprint density at radius 2 is 1.29 bits per heavy atom. The van der Waals surface area contributed by atoms with Crippen molar-refractivity contribution in [2.24, 2.45) is 0 Å². The molecule has 120 valence electrons. The van der Waals surface area contributed by atoms with Crippen LogP contribution >= 0.6 is 0 Å². The predicted octanol–water partition coefficient (Wildman–Crippen LogP) is 6.31. The van der Waals surface area contributed by atoms with E-state index in [0.717, 1.165) is 0 Å². The summed E-state index contributed by atoms with van der Waals surface area (Å²) in [6, 6.07) is 9.75. The van der Waals surface area contributed by atoms with Gasteiger partial charge in [0.1, 0.15) is 0 Å². The van der Waals surface area contributed by atoms with Gasteiger partial charge in [0.25, 0.3) is 0 Å². The zero-order chi connectivity index (χ0) is 15.6. The first kappa shape index (κ1) is 19.1. The van der Waals surface area contributed by atoms with E-state index in [-0.39, 0.29) is 0 Å². The van der Waals surface area contributed by atoms with Crippen molar-refractivity contribution < 1.29 is 0 Å². The van der Waals surface area contributed by atoms with Gasteiger partial charge in [-0.25, -0.2) is 0 Å². The topological polar surface area (TPSA) is 0 Å². The van der Waals surface area contributed by atoms with Crippen molar-refractivity contribution in [3.05, 3.63) is 29.8 Å². The molecule has 21 heavy (non-hydrogen) atoms. The summed E-state index contributed by atoms with van der Waals surface area (Å²) < 4.78 is 6.58. The van der Waals surface area contributed by atoms with Gasteiger partial charge in [-0.15, -0.1) is 0 Å². The van der Waals surface area contributed by atoms with Gasteiger partial charge in [-0.2, -0.15) is 0 Å². The molecule has 0 aliphatic carbocycles. The molecule has 0 nitrogen and oxygen atoms in total. The van der Waals surface area contributed by atoms with Crippen LogP contribution in [0.5, 0.6) is 0 Å². The molecule has 0 N–H and O–H groups in total. The Morgan fingerprint density at radius 3 is 1.71 bits per heavy atom. The van der Waals surface area contributed by atoms with E-state index in [9.17, 15) is 0 Å². The van der Waals surface area contributed by atoms with Crippen LogP contribution in [0, 0.1) is 0 Å². The van der Waals surface area contributed by atoms with Gasteiger partial charge in [0.15, 0.2) is 0 Å². The molecule has 0 unspecified atom stereocenters. The fourth-order valence-electron chi connectivity index (χ4n) is 3.47. The van der Waals surface area contributed by atoms with Gasteiger partial charge in [-0.1, -0.05) is 0 Å². The van der Waals surface area contributed by atoms with E-state index in [2.05, 4.69) is 52.0 Å². The molecule has 0 bridgehead atoms. The fourth-order valence-corrected chi connectivity index (χ4v) is 19.6. The molecule has 0 saturated carbocycles. The first-order chi connectivity index (χ1) is 10.2. The number of hydrogen-bond donors (Lipinski definition) is 0. The third-order valence-electron chi connectivity index (χ3n) is 4.97. The Bertz CT molecular complexity index is 361. The third-order valence-corrected chi connectivity index (χ3v) is 20.6. The molecular weight excluding hydrogens is 359 g/mol. The van der Waals surface area contributed by atoms with Crippen molar-refractivity contribution in [2.75, 3.05) is 0 Å². The SMILES string of the molecule is CCC[CH2][Sn]([CH2]CCC)([CH2]CCC)[c]1cccc(CC)c1. The Hall–Kier alpha value is 0.0187. The molecule has 0 amide bonds. The zero-order valence-corrected chi connectivity index (χ0v) is 17.7. The molecule has 0 atom stereocenters. The minimum atomic E-state index is -2.16. The second kappa shape index (κ2) is 10.7. The normalized spacial score (nSPS) is 11.8. The standard InChI is InChI=1S/C8H9.3C4H9.Sn/c1-2-8-6-4-3-5-7-8;3*1-3-4-2;/h3-4,6-7H,2H2,1H3;3*1,3-4H2,2H3;. The van der Waals surface area contributed by atoms with E-state index in [0.29, 0.717) is 0 Å². The van der Waals surface area contributed by atoms with Gasteiger partial charge in [0.05, 0.1) is 0 Å². The molecule has 0 fully saturated rings. The van der Waals surface area contributed by atoms with Crippen LogP contribution in [-0.4, -0.2) is 18.4 Å². The molecule has 0 spiro atoms. The first-order valence-electron chi connectivity index (χ1n) is 9.31. The summed E-state index contributed by atoms with van der Waals surface area (Å²) in [6.45, 7) is 9.37. The maximum atomic E-state index is 2.59. The molecular formula is C20H36Sn. The van der Waals surface area contributed by atoms with Crippen molar-refractivity contribution in [1.29, 1.82) is 0 Å². The van der Waals surface area contributed by atoms with E-state index < -0.39 is 18.4 Å². The van der Waals surface area contributed by atoms with Gasteiger partial charge in [-0.05, 0) is 0 Å². The van der Waals surface area contributed by atoms with Crippen molar-refractivity contribution in [2.45, 2.75) is 86.0 Å². The van der Waals surface area contributed by atoms with Crippen molar-refractivity contribution in [3.8, 4) is 0 Å². The second-order valence-corrected chi connectivity index (χ2v) is 19.9. The number of benzene rings is 1. The molecule has 0 radical (unpaired) electrons. The number of aryl methyl sites for hydroxylation is 1. The molecule has 0 aliphatic rings. The Kier molecular flexibility index (Phi) is 9.71. The van der Waals surface area contributed by atoms with E-state index in [4.69, 9.17) is 0 Å². The summed E-state index contributed by atoms with van der Waals surface area (Å²) in [5.74, 6) is 0. The molecule has 1 heteroatoms. The molecule has 0 aromatic heterocycles. The second-order valence-electron chi connectivity index (χ2n) is 6.64. The van der Waals surface area contributed by atoms with Crippen LogP contribution < -0.4 is 3.58 Å². The Balaban J connectivity index is 3.09. The zero-order valence-electron chi connectivity index (χ0n) is 14.9. The Morgan fingerprint density at radius 1 is 0.762 bits per heavy atom. The van der Waals surface area contributed by atoms with Crippen LogP contribution in [0.15, 0.2) is 24.3 Å². The van der Waals surface area contributed by atoms with Gasteiger partial charge >= 0.3 is 138 Å². The molecule has 1 aromatic rings. The summed E-state index contributed by atoms with van der Waals surface area (Å²) >= 11 is -2.16. The maximum absolute atomic E-state index is 2.59. The van der Waals surface area contributed by atoms with E-state index >= 15 is 0 Å². The summed E-state index contributed by atoms with van der Waals surface area (Å²) in [5, 5.41) is 0. The van der Waals surface area contributed by atoms with E-state index in [1.54, 1.807) is 18.9 Å². The molecule has 0 heterocycles. The molecule has 1 rings (SSSR count). The van der Waals surface area contributed by atoms with Crippen molar-refractivity contribution in [1.82, 2.24) is 0 Å². The molecule has 0 saturated heterocycles.